The summed E-state index contributed by atoms with van der Waals surface area (Å²) in [5.41, 5.74) is 1.21. The number of nitrogens with one attached hydrogen (secondary N) is 1. The molecule has 33 heavy (non-hydrogen) atoms. The van der Waals surface area contributed by atoms with E-state index in [1.165, 1.54) is 0 Å². The first-order valence-electron chi connectivity index (χ1n) is 10.6. The van der Waals surface area contributed by atoms with Crippen molar-refractivity contribution in [2.45, 2.75) is 0 Å². The van der Waals surface area contributed by atoms with Gasteiger partial charge in [0.15, 0.2) is 0 Å². The summed E-state index contributed by atoms with van der Waals surface area (Å²) in [7, 11) is 0. The van der Waals surface area contributed by atoms with Crippen LogP contribution in [0.4, 0.5) is 11.5 Å². The number of pyridine rings is 1. The molecule has 1 saturated heterocycles. The smallest absolute Gasteiger partial charge is 0.291 e. The molecule has 4 aromatic rings. The van der Waals surface area contributed by atoms with Gasteiger partial charge >= 0.3 is 0 Å². The third-order valence-electron chi connectivity index (χ3n) is 5.69. The zero-order valence-corrected chi connectivity index (χ0v) is 18.5. The minimum absolute atomic E-state index is 0.114. The summed E-state index contributed by atoms with van der Waals surface area (Å²) < 4.78 is 5.93. The average Bonchev–Trinajstić information content (AvgIpc) is 3.23. The van der Waals surface area contributed by atoms with Gasteiger partial charge in [-0.05, 0) is 36.4 Å². The Labute approximate surface area is 195 Å². The number of nitrogens with zero attached hydrogens (tertiary/aromatic N) is 3. The lowest BCUT2D eigenvalue weighted by Gasteiger charge is -2.35. The van der Waals surface area contributed by atoms with E-state index in [9.17, 15) is 9.59 Å². The quantitative estimate of drug-likeness (QED) is 0.477. The van der Waals surface area contributed by atoms with Crippen LogP contribution in [0.25, 0.3) is 11.0 Å². The van der Waals surface area contributed by atoms with Gasteiger partial charge in [-0.1, -0.05) is 41.9 Å². The predicted octanol–water partition coefficient (Wildman–Crippen LogP) is 4.70. The Balaban J connectivity index is 1.41. The zero-order valence-electron chi connectivity index (χ0n) is 17.7. The second kappa shape index (κ2) is 8.96. The van der Waals surface area contributed by atoms with Gasteiger partial charge in [-0.2, -0.15) is 0 Å². The Kier molecular flexibility index (Phi) is 5.71. The van der Waals surface area contributed by atoms with Crippen LogP contribution >= 0.6 is 11.6 Å². The van der Waals surface area contributed by atoms with E-state index < -0.39 is 5.91 Å². The van der Waals surface area contributed by atoms with Crippen molar-refractivity contribution < 1.29 is 14.0 Å². The maximum Gasteiger partial charge on any atom is 0.291 e. The highest BCUT2D eigenvalue weighted by Gasteiger charge is 2.29. The van der Waals surface area contributed by atoms with Crippen molar-refractivity contribution in [2.24, 2.45) is 0 Å². The SMILES string of the molecule is O=C(Nc1c(C(=O)N2CCN(c3ccccn3)CC2)oc2ccccc12)c1ccccc1Cl. The number of aromatic nitrogens is 1. The average molecular weight is 461 g/mol. The minimum atomic E-state index is -0.402. The maximum absolute atomic E-state index is 13.4. The molecule has 7 nitrogen and oxygen atoms in total. The summed E-state index contributed by atoms with van der Waals surface area (Å²) >= 11 is 6.20. The van der Waals surface area contributed by atoms with E-state index >= 15 is 0 Å². The molecule has 0 spiro atoms. The molecule has 0 unspecified atom stereocenters. The maximum atomic E-state index is 13.4. The molecule has 1 aliphatic heterocycles. The van der Waals surface area contributed by atoms with E-state index in [4.69, 9.17) is 16.0 Å². The van der Waals surface area contributed by atoms with E-state index in [1.54, 1.807) is 41.4 Å². The van der Waals surface area contributed by atoms with Crippen molar-refractivity contribution in [3.63, 3.8) is 0 Å². The number of rotatable bonds is 4. The van der Waals surface area contributed by atoms with Crippen molar-refractivity contribution in [1.82, 2.24) is 9.88 Å². The number of hydrogen-bond donors (Lipinski definition) is 1. The number of furan rings is 1. The lowest BCUT2D eigenvalue weighted by molar-refractivity contribution is 0.0718. The lowest BCUT2D eigenvalue weighted by atomic mass is 10.1. The first-order valence-corrected chi connectivity index (χ1v) is 11.0. The van der Waals surface area contributed by atoms with E-state index in [0.29, 0.717) is 53.4 Å². The fraction of sp³-hybridized carbons (Fsp3) is 0.160. The Hall–Kier alpha value is -3.84. The lowest BCUT2D eigenvalue weighted by Crippen LogP contribution is -2.49. The van der Waals surface area contributed by atoms with Crippen LogP contribution in [0.1, 0.15) is 20.9 Å². The second-order valence-electron chi connectivity index (χ2n) is 7.70. The molecule has 1 N–H and O–H groups in total. The fourth-order valence-corrected chi connectivity index (χ4v) is 4.19. The van der Waals surface area contributed by atoms with Gasteiger partial charge in [-0.25, -0.2) is 4.98 Å². The Morgan fingerprint density at radius 3 is 2.39 bits per heavy atom. The van der Waals surface area contributed by atoms with Gasteiger partial charge in [0, 0.05) is 37.8 Å². The van der Waals surface area contributed by atoms with Gasteiger partial charge in [0.25, 0.3) is 11.8 Å². The molecule has 1 fully saturated rings. The summed E-state index contributed by atoms with van der Waals surface area (Å²) in [6.07, 6.45) is 1.76. The summed E-state index contributed by atoms with van der Waals surface area (Å²) in [6.45, 7) is 2.35. The third kappa shape index (κ3) is 4.15. The van der Waals surface area contributed by atoms with Crippen molar-refractivity contribution in [1.29, 1.82) is 0 Å². The predicted molar refractivity (Wildman–Crippen MR) is 128 cm³/mol. The van der Waals surface area contributed by atoms with Crippen LogP contribution in [0.3, 0.4) is 0 Å². The van der Waals surface area contributed by atoms with Crippen molar-refractivity contribution >= 4 is 45.9 Å². The van der Waals surface area contributed by atoms with Gasteiger partial charge in [0.1, 0.15) is 17.1 Å². The molecule has 0 radical (unpaired) electrons. The zero-order chi connectivity index (χ0) is 22.8. The summed E-state index contributed by atoms with van der Waals surface area (Å²) in [6, 6.07) is 19.8. The number of benzene rings is 2. The second-order valence-corrected chi connectivity index (χ2v) is 8.11. The molecular formula is C25H21ClN4O3. The van der Waals surface area contributed by atoms with Gasteiger partial charge in [0.05, 0.1) is 10.6 Å². The number of anilines is 2. The number of fused-ring (bicyclic) bond motifs is 1. The van der Waals surface area contributed by atoms with Crippen LogP contribution in [-0.2, 0) is 0 Å². The Morgan fingerprint density at radius 2 is 1.64 bits per heavy atom. The molecule has 2 aromatic carbocycles. The molecule has 0 atom stereocenters. The highest BCUT2D eigenvalue weighted by molar-refractivity contribution is 6.34. The molecule has 5 rings (SSSR count). The molecule has 1 aliphatic rings. The van der Waals surface area contributed by atoms with Gasteiger partial charge in [-0.3, -0.25) is 9.59 Å². The van der Waals surface area contributed by atoms with Gasteiger partial charge < -0.3 is 19.5 Å². The van der Waals surface area contributed by atoms with Crippen LogP contribution in [0, 0.1) is 0 Å². The number of halogens is 1. The molecule has 2 aromatic heterocycles. The number of para-hydroxylation sites is 1. The molecular weight excluding hydrogens is 440 g/mol. The molecule has 0 bridgehead atoms. The highest BCUT2D eigenvalue weighted by atomic mass is 35.5. The number of piperazine rings is 1. The van der Waals surface area contributed by atoms with Crippen LogP contribution in [-0.4, -0.2) is 47.9 Å². The summed E-state index contributed by atoms with van der Waals surface area (Å²) in [4.78, 5) is 34.7. The molecule has 166 valence electrons. The van der Waals surface area contributed by atoms with Gasteiger partial charge in [-0.15, -0.1) is 0 Å². The number of carbonyl (C=O) groups excluding carboxylic acids is 2. The van der Waals surface area contributed by atoms with Crippen molar-refractivity contribution in [3.05, 3.63) is 89.3 Å². The molecule has 8 heteroatoms. The topological polar surface area (TPSA) is 78.7 Å². The number of hydrogen-bond acceptors (Lipinski definition) is 5. The summed E-state index contributed by atoms with van der Waals surface area (Å²) in [5.74, 6) is 0.339. The first-order chi connectivity index (χ1) is 16.1. The number of amides is 2. The third-order valence-corrected chi connectivity index (χ3v) is 6.02. The fourth-order valence-electron chi connectivity index (χ4n) is 3.97. The van der Waals surface area contributed by atoms with E-state index in [2.05, 4.69) is 15.2 Å². The minimum Gasteiger partial charge on any atom is -0.449 e. The van der Waals surface area contributed by atoms with Crippen LogP contribution in [0.2, 0.25) is 5.02 Å². The van der Waals surface area contributed by atoms with Crippen LogP contribution < -0.4 is 10.2 Å². The van der Waals surface area contributed by atoms with E-state index in [0.717, 1.165) is 5.82 Å². The van der Waals surface area contributed by atoms with Crippen molar-refractivity contribution in [2.75, 3.05) is 36.4 Å². The van der Waals surface area contributed by atoms with E-state index in [1.807, 2.05) is 36.4 Å². The first kappa shape index (κ1) is 21.0. The largest absolute Gasteiger partial charge is 0.449 e. The molecule has 0 aliphatic carbocycles. The van der Waals surface area contributed by atoms with Crippen LogP contribution in [0.15, 0.2) is 77.3 Å². The normalized spacial score (nSPS) is 13.8. The Morgan fingerprint density at radius 1 is 0.909 bits per heavy atom. The molecule has 0 saturated carbocycles. The van der Waals surface area contributed by atoms with E-state index in [-0.39, 0.29) is 11.7 Å². The van der Waals surface area contributed by atoms with Gasteiger partial charge in [0.2, 0.25) is 5.76 Å². The molecule has 2 amide bonds. The van der Waals surface area contributed by atoms with Crippen LogP contribution in [0.5, 0.6) is 0 Å². The Bertz CT molecular complexity index is 1310. The number of carbonyl (C=O) groups is 2. The highest BCUT2D eigenvalue weighted by Crippen LogP contribution is 2.33. The van der Waals surface area contributed by atoms with Crippen molar-refractivity contribution in [3.8, 4) is 0 Å². The molecule has 3 heterocycles. The monoisotopic (exact) mass is 460 g/mol. The summed E-state index contributed by atoms with van der Waals surface area (Å²) in [5, 5.41) is 3.86. The standard InChI is InChI=1S/C25H21ClN4O3/c26-19-9-3-1-7-17(19)24(31)28-22-18-8-2-4-10-20(18)33-23(22)25(32)30-15-13-29(14-16-30)21-11-5-6-12-27-21/h1-12H,13-16H2,(H,28,31).